The zero-order valence-electron chi connectivity index (χ0n) is 46.1. The minimum absolute atomic E-state index is 0.0176. The van der Waals surface area contributed by atoms with E-state index in [1.165, 1.54) is 10.6 Å². The van der Waals surface area contributed by atoms with Crippen molar-refractivity contribution in [1.82, 2.24) is 35.2 Å². The Labute approximate surface area is 468 Å². The number of ether oxygens (including phenoxy) is 12. The molecular weight excluding hydrogens is 1070 g/mol. The summed E-state index contributed by atoms with van der Waals surface area (Å²) in [6, 6.07) is 4.64. The second-order valence-corrected chi connectivity index (χ2v) is 18.7. The number of aliphatic hydroxyl groups is 1. The van der Waals surface area contributed by atoms with Gasteiger partial charge < -0.3 is 89.4 Å². The van der Waals surface area contributed by atoms with Gasteiger partial charge in [-0.3, -0.25) is 38.9 Å². The van der Waals surface area contributed by atoms with Gasteiger partial charge in [0.05, 0.1) is 112 Å². The highest BCUT2D eigenvalue weighted by Gasteiger charge is 2.54. The smallest absolute Gasteiger partial charge is 0.333 e. The highest BCUT2D eigenvalue weighted by molar-refractivity contribution is 5.98. The summed E-state index contributed by atoms with van der Waals surface area (Å²) in [6.07, 6.45) is -2.19. The van der Waals surface area contributed by atoms with Crippen molar-refractivity contribution in [2.75, 3.05) is 143 Å². The SMILES string of the molecule is C=CCn1c(=O)n([C@@H]2O[C@H](CO)[C@H]3OC(c4cccc(NC(=O)[C@H](CCCCN)NC(=O)[C@@H](NC(=O)COCCOCCOCCOCCOCCOCCOCCOCCOCC(=O)NN)C(C)C)c4)O[C@H]32)c2nc(N)[nH]c(=O)c21. The number of H-pyrrole nitrogens is 1. The Kier molecular flexibility index (Phi) is 29.8. The maximum Gasteiger partial charge on any atom is 0.333 e. The fraction of sp³-hybridized carbons (Fsp3) is 0.667. The van der Waals surface area contributed by atoms with Crippen LogP contribution in [0.4, 0.5) is 11.6 Å². The number of unbranched alkanes of at least 4 members (excludes halogenated alkanes) is 1. The number of hydrogen-bond acceptors (Lipinski definition) is 23. The third-order valence-electron chi connectivity index (χ3n) is 12.3. The van der Waals surface area contributed by atoms with Crippen molar-refractivity contribution in [2.24, 2.45) is 17.5 Å². The number of nitrogens with zero attached hydrogens (tertiary/aromatic N) is 3. The summed E-state index contributed by atoms with van der Waals surface area (Å²) >= 11 is 0. The number of imidazole rings is 1. The molecule has 0 aliphatic carbocycles. The number of nitrogens with one attached hydrogen (secondary N) is 5. The van der Waals surface area contributed by atoms with Crippen LogP contribution in [0.1, 0.15) is 51.2 Å². The minimum atomic E-state index is -1.19. The molecule has 0 bridgehead atoms. The number of carbonyl (C=O) groups is 4. The zero-order chi connectivity index (χ0) is 58.4. The number of allylic oxidation sites excluding steroid dienone is 1. The van der Waals surface area contributed by atoms with E-state index in [2.05, 4.69) is 32.5 Å². The van der Waals surface area contributed by atoms with Gasteiger partial charge in [0.2, 0.25) is 23.7 Å². The first kappa shape index (κ1) is 66.0. The molecule has 1 aromatic carbocycles. The molecule has 7 atom stereocenters. The summed E-state index contributed by atoms with van der Waals surface area (Å²) in [7, 11) is 0. The van der Waals surface area contributed by atoms with Crippen LogP contribution in [0.2, 0.25) is 0 Å². The molecule has 2 aliphatic rings. The molecule has 2 saturated heterocycles. The lowest BCUT2D eigenvalue weighted by atomic mass is 10.0. The van der Waals surface area contributed by atoms with Gasteiger partial charge in [0, 0.05) is 17.8 Å². The van der Waals surface area contributed by atoms with Crippen LogP contribution < -0.4 is 49.9 Å². The minimum Gasteiger partial charge on any atom is -0.394 e. The van der Waals surface area contributed by atoms with Crippen LogP contribution in [0.15, 0.2) is 46.5 Å². The van der Waals surface area contributed by atoms with E-state index < -0.39 is 84.4 Å². The summed E-state index contributed by atoms with van der Waals surface area (Å²) in [6.45, 7) is 12.2. The van der Waals surface area contributed by atoms with Gasteiger partial charge in [0.15, 0.2) is 23.7 Å². The molecular formula is C51H81N11O19. The Hall–Kier alpha value is -5.81. The molecule has 5 rings (SSSR count). The van der Waals surface area contributed by atoms with Gasteiger partial charge in [-0.25, -0.2) is 15.2 Å². The van der Waals surface area contributed by atoms with Crippen molar-refractivity contribution in [1.29, 1.82) is 0 Å². The monoisotopic (exact) mass is 1150 g/mol. The number of nitrogens with two attached hydrogens (primary N) is 3. The molecule has 2 aliphatic heterocycles. The van der Waals surface area contributed by atoms with Crippen molar-refractivity contribution < 1.29 is 81.1 Å². The standard InChI is InChI=1S/C51H81N11O19/c1-4-12-61-41-44(58-50(53)59-47(41)68)62(51(61)69)48-43-42(37(30-63)79-48)80-49(81-43)34-8-7-9-35(29-34)55-45(66)36(10-5-6-11-52)56-46(67)40(33(2)3)57-38(64)31-77-27-25-75-23-21-73-19-17-71-15-13-70-14-16-72-18-20-74-22-24-76-26-28-78-32-39(65)60-54/h4,7-9,29,33,36-37,40,42-43,48-49,63H,1,5-6,10-28,30-32,52,54H2,2-3H3,(H,55,66)(H,56,67)(H,57,64)(H,60,65)(H3,53,58,59,68)/t36-,37+,40-,42+,43+,48+,49?/m0/s1. The third kappa shape index (κ3) is 21.5. The predicted molar refractivity (Wildman–Crippen MR) is 289 cm³/mol. The van der Waals surface area contributed by atoms with Crippen LogP contribution in [0.5, 0.6) is 0 Å². The van der Waals surface area contributed by atoms with Gasteiger partial charge >= 0.3 is 5.69 Å². The largest absolute Gasteiger partial charge is 0.394 e. The van der Waals surface area contributed by atoms with Crippen LogP contribution in [0, 0.1) is 5.92 Å². The Bertz CT molecular complexity index is 2510. The highest BCUT2D eigenvalue weighted by atomic mass is 16.8. The molecule has 81 heavy (non-hydrogen) atoms. The van der Waals surface area contributed by atoms with Gasteiger partial charge in [-0.2, -0.15) is 4.98 Å². The molecule has 30 heteroatoms. The van der Waals surface area contributed by atoms with Crippen molar-refractivity contribution in [3.05, 3.63) is 63.3 Å². The number of rotatable bonds is 43. The molecule has 0 radical (unpaired) electrons. The summed E-state index contributed by atoms with van der Waals surface area (Å²) in [5.41, 5.74) is 13.0. The second-order valence-electron chi connectivity index (χ2n) is 18.7. The molecule has 0 spiro atoms. The normalized spacial score (nSPS) is 18.5. The molecule has 4 heterocycles. The van der Waals surface area contributed by atoms with Crippen molar-refractivity contribution in [2.45, 2.75) is 82.6 Å². The molecule has 3 aromatic rings. The van der Waals surface area contributed by atoms with Gasteiger partial charge in [0.25, 0.3) is 11.5 Å². The van der Waals surface area contributed by atoms with E-state index in [1.807, 2.05) is 5.43 Å². The lowest BCUT2D eigenvalue weighted by molar-refractivity contribution is -0.154. The van der Waals surface area contributed by atoms with Crippen molar-refractivity contribution >= 4 is 46.4 Å². The van der Waals surface area contributed by atoms with Gasteiger partial charge in [-0.05, 0) is 43.9 Å². The Balaban J connectivity index is 0.953. The van der Waals surface area contributed by atoms with Gasteiger partial charge in [-0.15, -0.1) is 6.58 Å². The van der Waals surface area contributed by atoms with Crippen LogP contribution in [0.25, 0.3) is 11.2 Å². The molecule has 1 unspecified atom stereocenters. The number of fused-ring (bicyclic) bond motifs is 2. The molecule has 4 amide bonds. The average Bonchev–Trinajstić information content (AvgIpc) is 4.31. The number of aromatic amines is 1. The number of aromatic nitrogens is 4. The molecule has 12 N–H and O–H groups in total. The Morgan fingerprint density at radius 1 is 0.765 bits per heavy atom. The van der Waals surface area contributed by atoms with E-state index in [0.717, 1.165) is 4.57 Å². The third-order valence-corrected chi connectivity index (χ3v) is 12.3. The number of amides is 4. The van der Waals surface area contributed by atoms with E-state index in [0.29, 0.717) is 117 Å². The van der Waals surface area contributed by atoms with E-state index in [4.69, 9.17) is 74.2 Å². The molecule has 0 saturated carbocycles. The number of hydrazine groups is 1. The molecule has 2 fully saturated rings. The maximum absolute atomic E-state index is 13.9. The second kappa shape index (κ2) is 36.6. The number of benzene rings is 1. The predicted octanol–water partition coefficient (Wildman–Crippen LogP) is -2.14. The Morgan fingerprint density at radius 2 is 1.31 bits per heavy atom. The zero-order valence-corrected chi connectivity index (χ0v) is 46.1. The number of anilines is 2. The van der Waals surface area contributed by atoms with Crippen LogP contribution in [-0.4, -0.2) is 210 Å². The molecule has 454 valence electrons. The van der Waals surface area contributed by atoms with Crippen LogP contribution >= 0.6 is 0 Å². The van der Waals surface area contributed by atoms with E-state index in [1.54, 1.807) is 38.1 Å². The van der Waals surface area contributed by atoms with Crippen LogP contribution in [-0.2, 0) is 82.6 Å². The molecule has 2 aromatic heterocycles. The first-order valence-corrected chi connectivity index (χ1v) is 26.9. The average molecular weight is 1150 g/mol. The van der Waals surface area contributed by atoms with Gasteiger partial charge in [0.1, 0.15) is 43.6 Å². The van der Waals surface area contributed by atoms with Gasteiger partial charge in [-0.1, -0.05) is 32.1 Å². The summed E-state index contributed by atoms with van der Waals surface area (Å²) in [4.78, 5) is 84.9. The van der Waals surface area contributed by atoms with E-state index in [9.17, 15) is 33.9 Å². The lowest BCUT2D eigenvalue weighted by Gasteiger charge is -2.25. The summed E-state index contributed by atoms with van der Waals surface area (Å²) in [5.74, 6) is 2.35. The van der Waals surface area contributed by atoms with E-state index in [-0.39, 0.29) is 69.0 Å². The fourth-order valence-electron chi connectivity index (χ4n) is 8.37. The Morgan fingerprint density at radius 3 is 1.83 bits per heavy atom. The maximum atomic E-state index is 13.9. The summed E-state index contributed by atoms with van der Waals surface area (Å²) in [5, 5.41) is 18.7. The number of carbonyl (C=O) groups excluding carboxylic acids is 4. The molecule has 30 nitrogen and oxygen atoms in total. The number of aliphatic hydroxyl groups excluding tert-OH is 1. The first-order chi connectivity index (χ1) is 39.3. The van der Waals surface area contributed by atoms with Crippen molar-refractivity contribution in [3.8, 4) is 0 Å². The first-order valence-electron chi connectivity index (χ1n) is 26.9. The van der Waals surface area contributed by atoms with E-state index >= 15 is 0 Å². The highest BCUT2D eigenvalue weighted by Crippen LogP contribution is 2.44. The lowest BCUT2D eigenvalue weighted by Crippen LogP contribution is -2.55. The number of hydrogen-bond donors (Lipinski definition) is 9. The fourth-order valence-corrected chi connectivity index (χ4v) is 8.37. The summed E-state index contributed by atoms with van der Waals surface area (Å²) < 4.78 is 69.8. The van der Waals surface area contributed by atoms with Crippen molar-refractivity contribution in [3.63, 3.8) is 0 Å². The van der Waals surface area contributed by atoms with Crippen LogP contribution in [0.3, 0.4) is 0 Å². The number of nitrogen functional groups attached to an aromatic ring is 1. The quantitative estimate of drug-likeness (QED) is 0.00960. The topological polar surface area (TPSA) is 398 Å².